The molecule has 0 unspecified atom stereocenters. The number of aryl methyl sites for hydroxylation is 1. The maximum Gasteiger partial charge on any atom is 0.236 e. The average Bonchev–Trinajstić information content (AvgIpc) is 3.64. The number of anilines is 1. The molecule has 2 heterocycles. The first-order valence-electron chi connectivity index (χ1n) is 12.8. The van der Waals surface area contributed by atoms with Gasteiger partial charge in [-0.3, -0.25) is 4.79 Å². The summed E-state index contributed by atoms with van der Waals surface area (Å²) in [5.41, 5.74) is 3.21. The van der Waals surface area contributed by atoms with E-state index in [4.69, 9.17) is 21.7 Å². The zero-order chi connectivity index (χ0) is 26.3. The summed E-state index contributed by atoms with van der Waals surface area (Å²) in [6.45, 7) is 2.14. The minimum atomic E-state index is -0.638. The molecule has 0 spiro atoms. The molecule has 6 rings (SSSR count). The van der Waals surface area contributed by atoms with Crippen molar-refractivity contribution in [2.24, 2.45) is 0 Å². The Morgan fingerprint density at radius 1 is 1.03 bits per heavy atom. The number of fused-ring (bicyclic) bond motifs is 1. The van der Waals surface area contributed by atoms with Gasteiger partial charge in [-0.25, -0.2) is 9.37 Å². The Morgan fingerprint density at radius 2 is 1.74 bits per heavy atom. The molecule has 6 nitrogen and oxygen atoms in total. The van der Waals surface area contributed by atoms with Crippen LogP contribution < -0.4 is 5.32 Å². The zero-order valence-corrected chi connectivity index (χ0v) is 21.8. The summed E-state index contributed by atoms with van der Waals surface area (Å²) in [6.07, 6.45) is 3.48. The summed E-state index contributed by atoms with van der Waals surface area (Å²) in [5, 5.41) is 8.51. The minimum absolute atomic E-state index is 0.0739. The highest BCUT2D eigenvalue weighted by Crippen LogP contribution is 2.42. The van der Waals surface area contributed by atoms with Crippen molar-refractivity contribution in [3.8, 4) is 5.95 Å². The SMILES string of the molecule is Cc1cc(NC(=O)C2(c3ccc(Cl)cc3)CCCC2)n(-c2nc3ccccc3n2Cc2ccccc2F)n1. The molecule has 38 heavy (non-hydrogen) atoms. The Kier molecular flexibility index (Phi) is 6.24. The summed E-state index contributed by atoms with van der Waals surface area (Å²) in [5.74, 6) is 0.672. The quantitative estimate of drug-likeness (QED) is 0.263. The summed E-state index contributed by atoms with van der Waals surface area (Å²) in [7, 11) is 0. The van der Waals surface area contributed by atoms with Crippen molar-refractivity contribution in [1.29, 1.82) is 0 Å². The maximum absolute atomic E-state index is 14.7. The van der Waals surface area contributed by atoms with Crippen LogP contribution in [-0.2, 0) is 16.8 Å². The second-order valence-corrected chi connectivity index (χ2v) is 10.3. The first kappa shape index (κ1) is 24.4. The number of aromatic nitrogens is 4. The predicted octanol–water partition coefficient (Wildman–Crippen LogP) is 6.82. The molecule has 1 aliphatic carbocycles. The molecule has 1 aliphatic rings. The first-order valence-corrected chi connectivity index (χ1v) is 13.2. The van der Waals surface area contributed by atoms with Gasteiger partial charge in [0.15, 0.2) is 0 Å². The fraction of sp³-hybridized carbons (Fsp3) is 0.233. The van der Waals surface area contributed by atoms with Crippen molar-refractivity contribution in [3.63, 3.8) is 0 Å². The van der Waals surface area contributed by atoms with Crippen LogP contribution in [0.2, 0.25) is 5.02 Å². The molecule has 3 aromatic carbocycles. The molecule has 0 radical (unpaired) electrons. The monoisotopic (exact) mass is 527 g/mol. The second kappa shape index (κ2) is 9.72. The van der Waals surface area contributed by atoms with E-state index < -0.39 is 5.41 Å². The van der Waals surface area contributed by atoms with E-state index in [0.717, 1.165) is 48.0 Å². The van der Waals surface area contributed by atoms with Crippen LogP contribution in [0.25, 0.3) is 17.0 Å². The molecule has 5 aromatic rings. The van der Waals surface area contributed by atoms with Crippen LogP contribution in [0.15, 0.2) is 78.9 Å². The molecule has 0 saturated heterocycles. The van der Waals surface area contributed by atoms with Crippen molar-refractivity contribution in [2.45, 2.75) is 44.6 Å². The number of rotatable bonds is 6. The molecule has 1 amide bonds. The third kappa shape index (κ3) is 4.27. The van der Waals surface area contributed by atoms with Crippen LogP contribution in [-0.4, -0.2) is 25.2 Å². The third-order valence-electron chi connectivity index (χ3n) is 7.47. The number of benzene rings is 3. The molecule has 8 heteroatoms. The number of carbonyl (C=O) groups excluding carboxylic acids is 1. The van der Waals surface area contributed by atoms with E-state index >= 15 is 0 Å². The number of amides is 1. The van der Waals surface area contributed by atoms with E-state index in [0.29, 0.717) is 22.4 Å². The normalized spacial score (nSPS) is 14.7. The number of nitrogens with one attached hydrogen (secondary N) is 1. The smallest absolute Gasteiger partial charge is 0.236 e. The molecule has 1 N–H and O–H groups in total. The van der Waals surface area contributed by atoms with E-state index in [9.17, 15) is 9.18 Å². The van der Waals surface area contributed by atoms with Gasteiger partial charge in [0.1, 0.15) is 11.6 Å². The Labute approximate surface area is 225 Å². The van der Waals surface area contributed by atoms with Crippen LogP contribution >= 0.6 is 11.6 Å². The Morgan fingerprint density at radius 3 is 2.50 bits per heavy atom. The van der Waals surface area contributed by atoms with Gasteiger partial charge in [0.25, 0.3) is 0 Å². The van der Waals surface area contributed by atoms with E-state index in [1.54, 1.807) is 16.8 Å². The topological polar surface area (TPSA) is 64.7 Å². The summed E-state index contributed by atoms with van der Waals surface area (Å²) in [4.78, 5) is 18.8. The van der Waals surface area contributed by atoms with E-state index in [1.165, 1.54) is 6.07 Å². The van der Waals surface area contributed by atoms with Crippen molar-refractivity contribution >= 4 is 34.4 Å². The van der Waals surface area contributed by atoms with Gasteiger partial charge in [-0.05, 0) is 55.7 Å². The summed E-state index contributed by atoms with van der Waals surface area (Å²) >= 11 is 6.14. The molecule has 1 fully saturated rings. The standard InChI is InChI=1S/C30H27ClFN5O/c1-20-18-27(34-28(38)30(16-6-7-17-30)22-12-14-23(31)15-13-22)37(35-20)29-33-25-10-4-5-11-26(25)36(29)19-21-8-2-3-9-24(21)32/h2-5,8-15,18H,6-7,16-17,19H2,1H3,(H,34,38). The van der Waals surface area contributed by atoms with Gasteiger partial charge in [-0.15, -0.1) is 0 Å². The molecule has 192 valence electrons. The molecule has 2 aromatic heterocycles. The molecule has 0 atom stereocenters. The number of halogens is 2. The number of imidazole rings is 1. The van der Waals surface area contributed by atoms with Gasteiger partial charge in [0.05, 0.1) is 28.7 Å². The first-order chi connectivity index (χ1) is 18.4. The fourth-order valence-corrected chi connectivity index (χ4v) is 5.67. The molecule has 1 saturated carbocycles. The van der Waals surface area contributed by atoms with Crippen molar-refractivity contribution in [3.05, 3.63) is 107 Å². The summed E-state index contributed by atoms with van der Waals surface area (Å²) < 4.78 is 18.2. The van der Waals surface area contributed by atoms with E-state index in [1.807, 2.05) is 72.2 Å². The van der Waals surface area contributed by atoms with Gasteiger partial charge in [0.2, 0.25) is 11.9 Å². The van der Waals surface area contributed by atoms with Gasteiger partial charge >= 0.3 is 0 Å². The van der Waals surface area contributed by atoms with Crippen LogP contribution in [0.3, 0.4) is 0 Å². The third-order valence-corrected chi connectivity index (χ3v) is 7.72. The van der Waals surface area contributed by atoms with Gasteiger partial charge in [-0.1, -0.05) is 66.9 Å². The van der Waals surface area contributed by atoms with Crippen LogP contribution in [0.5, 0.6) is 0 Å². The van der Waals surface area contributed by atoms with Crippen LogP contribution in [0, 0.1) is 12.7 Å². The van der Waals surface area contributed by atoms with Crippen molar-refractivity contribution in [1.82, 2.24) is 19.3 Å². The number of para-hydroxylation sites is 2. The largest absolute Gasteiger partial charge is 0.310 e. The Hall–Kier alpha value is -3.97. The number of nitrogens with zero attached hydrogens (tertiary/aromatic N) is 4. The maximum atomic E-state index is 14.7. The van der Waals surface area contributed by atoms with Crippen molar-refractivity contribution in [2.75, 3.05) is 5.32 Å². The minimum Gasteiger partial charge on any atom is -0.310 e. The van der Waals surface area contributed by atoms with Crippen molar-refractivity contribution < 1.29 is 9.18 Å². The lowest BCUT2D eigenvalue weighted by molar-refractivity contribution is -0.121. The van der Waals surface area contributed by atoms with Gasteiger partial charge in [-0.2, -0.15) is 9.78 Å². The fourth-order valence-electron chi connectivity index (χ4n) is 5.55. The lowest BCUT2D eigenvalue weighted by atomic mass is 9.78. The highest BCUT2D eigenvalue weighted by molar-refractivity contribution is 6.30. The highest BCUT2D eigenvalue weighted by atomic mass is 35.5. The molecular weight excluding hydrogens is 501 g/mol. The highest BCUT2D eigenvalue weighted by Gasteiger charge is 2.43. The number of hydrogen-bond donors (Lipinski definition) is 1. The van der Waals surface area contributed by atoms with Gasteiger partial charge < -0.3 is 9.88 Å². The lowest BCUT2D eigenvalue weighted by Gasteiger charge is -2.28. The van der Waals surface area contributed by atoms with Crippen LogP contribution in [0.1, 0.15) is 42.5 Å². The van der Waals surface area contributed by atoms with Gasteiger partial charge in [0, 0.05) is 16.7 Å². The molecule has 0 bridgehead atoms. The predicted molar refractivity (Wildman–Crippen MR) is 147 cm³/mol. The summed E-state index contributed by atoms with van der Waals surface area (Å²) in [6, 6.07) is 23.8. The number of carbonyl (C=O) groups is 1. The second-order valence-electron chi connectivity index (χ2n) is 9.91. The van der Waals surface area contributed by atoms with E-state index in [2.05, 4.69) is 5.32 Å². The Balaban J connectivity index is 1.42. The molecule has 0 aliphatic heterocycles. The number of hydrogen-bond acceptors (Lipinski definition) is 3. The lowest BCUT2D eigenvalue weighted by Crippen LogP contribution is -2.38. The van der Waals surface area contributed by atoms with Crippen LogP contribution in [0.4, 0.5) is 10.2 Å². The van der Waals surface area contributed by atoms with E-state index in [-0.39, 0.29) is 18.3 Å². The molecular formula is C30H27ClFN5O. The Bertz CT molecular complexity index is 1630. The average molecular weight is 528 g/mol. The zero-order valence-electron chi connectivity index (χ0n) is 21.0.